The Morgan fingerprint density at radius 3 is 2.57 bits per heavy atom. The van der Waals surface area contributed by atoms with Crippen LogP contribution in [-0.4, -0.2) is 16.7 Å². The van der Waals surface area contributed by atoms with Gasteiger partial charge < -0.3 is 9.84 Å². The molecule has 1 aliphatic carbocycles. The maximum absolute atomic E-state index is 12.8. The van der Waals surface area contributed by atoms with Gasteiger partial charge in [0.2, 0.25) is 0 Å². The molecule has 112 valence electrons. The lowest BCUT2D eigenvalue weighted by atomic mass is 9.72. The second-order valence-electron chi connectivity index (χ2n) is 5.53. The van der Waals surface area contributed by atoms with E-state index in [1.54, 1.807) is 0 Å². The van der Waals surface area contributed by atoms with E-state index in [4.69, 9.17) is 9.84 Å². The zero-order chi connectivity index (χ0) is 15.3. The highest BCUT2D eigenvalue weighted by atomic mass is 19.4. The molecule has 1 saturated carbocycles. The summed E-state index contributed by atoms with van der Waals surface area (Å²) in [7, 11) is 0. The Bertz CT molecular complexity index is 628. The third-order valence-electron chi connectivity index (χ3n) is 4.06. The summed E-state index contributed by atoms with van der Waals surface area (Å²) in [6.45, 7) is 0. The normalized spacial score (nSPS) is 21.6. The number of alkyl halides is 3. The van der Waals surface area contributed by atoms with Crippen LogP contribution in [-0.2, 0) is 11.0 Å². The molecule has 3 nitrogen and oxygen atoms in total. The number of rotatable bonds is 1. The van der Waals surface area contributed by atoms with Crippen molar-refractivity contribution < 1.29 is 27.8 Å². The molecule has 0 aromatic heterocycles. The highest BCUT2D eigenvalue weighted by Crippen LogP contribution is 2.50. The minimum absolute atomic E-state index is 0.128. The number of carboxylic acid groups (broad SMARTS) is 1. The summed E-state index contributed by atoms with van der Waals surface area (Å²) in [6.07, 6.45) is -0.542. The maximum atomic E-state index is 12.8. The summed E-state index contributed by atoms with van der Waals surface area (Å²) >= 11 is 0. The summed E-state index contributed by atoms with van der Waals surface area (Å²) < 4.78 is 44.1. The number of carbonyl (C=O) groups is 1. The van der Waals surface area contributed by atoms with E-state index in [0.717, 1.165) is 37.5 Å². The Balaban J connectivity index is 2.08. The fraction of sp³-hybridized carbons (Fsp3) is 0.400. The first kappa shape index (κ1) is 14.0. The van der Waals surface area contributed by atoms with E-state index < -0.39 is 23.3 Å². The van der Waals surface area contributed by atoms with E-state index >= 15 is 0 Å². The van der Waals surface area contributed by atoms with E-state index in [-0.39, 0.29) is 5.75 Å². The fourth-order valence-electron chi connectivity index (χ4n) is 2.89. The third kappa shape index (κ3) is 2.50. The smallest absolute Gasteiger partial charge is 0.416 e. The Morgan fingerprint density at radius 2 is 2.05 bits per heavy atom. The van der Waals surface area contributed by atoms with Crippen molar-refractivity contribution in [1.82, 2.24) is 0 Å². The molecule has 0 atom stereocenters. The second kappa shape index (κ2) is 4.51. The number of aliphatic carboxylic acids is 1. The van der Waals surface area contributed by atoms with Crippen molar-refractivity contribution in [1.29, 1.82) is 0 Å². The quantitative estimate of drug-likeness (QED) is 0.800. The Morgan fingerprint density at radius 1 is 1.33 bits per heavy atom. The van der Waals surface area contributed by atoms with Gasteiger partial charge in [0.1, 0.15) is 11.4 Å². The molecule has 1 N–H and O–H groups in total. The zero-order valence-electron chi connectivity index (χ0n) is 11.0. The van der Waals surface area contributed by atoms with Gasteiger partial charge in [0.25, 0.3) is 0 Å². The van der Waals surface area contributed by atoms with Crippen molar-refractivity contribution in [2.45, 2.75) is 37.5 Å². The molecule has 0 unspecified atom stereocenters. The van der Waals surface area contributed by atoms with Gasteiger partial charge in [-0.15, -0.1) is 0 Å². The van der Waals surface area contributed by atoms with Gasteiger partial charge in [-0.25, -0.2) is 4.79 Å². The molecule has 0 bridgehead atoms. The minimum Gasteiger partial charge on any atom is -0.486 e. The number of carboxylic acids is 1. The van der Waals surface area contributed by atoms with Crippen molar-refractivity contribution in [3.8, 4) is 5.75 Å². The van der Waals surface area contributed by atoms with Crippen molar-refractivity contribution in [3.05, 3.63) is 35.4 Å². The van der Waals surface area contributed by atoms with Gasteiger partial charge in [-0.1, -0.05) is 6.07 Å². The lowest BCUT2D eigenvalue weighted by Gasteiger charge is -2.46. The molecular weight excluding hydrogens is 285 g/mol. The Hall–Kier alpha value is -1.98. The summed E-state index contributed by atoms with van der Waals surface area (Å²) in [5.41, 5.74) is -0.356. The van der Waals surface area contributed by atoms with Crippen molar-refractivity contribution in [2.75, 3.05) is 0 Å². The first-order valence-electron chi connectivity index (χ1n) is 6.63. The number of benzene rings is 1. The topological polar surface area (TPSA) is 46.5 Å². The summed E-state index contributed by atoms with van der Waals surface area (Å²) in [4.78, 5) is 10.9. The molecule has 0 radical (unpaired) electrons. The van der Waals surface area contributed by atoms with Gasteiger partial charge in [-0.3, -0.25) is 0 Å². The first-order chi connectivity index (χ1) is 9.79. The van der Waals surface area contributed by atoms with Crippen LogP contribution in [0.4, 0.5) is 13.2 Å². The minimum atomic E-state index is -4.45. The molecule has 1 heterocycles. The molecule has 1 aromatic rings. The molecule has 2 aliphatic rings. The van der Waals surface area contributed by atoms with Gasteiger partial charge in [-0.05, 0) is 37.0 Å². The van der Waals surface area contributed by atoms with E-state index in [0.29, 0.717) is 17.6 Å². The SMILES string of the molecule is O=C(O)C=C1CC2(CCC2)Oc2cc(C(F)(F)F)ccc21. The summed E-state index contributed by atoms with van der Waals surface area (Å²) in [5, 5.41) is 8.94. The molecule has 6 heteroatoms. The van der Waals surface area contributed by atoms with Crippen LogP contribution >= 0.6 is 0 Å². The molecule has 0 saturated heterocycles. The van der Waals surface area contributed by atoms with Crippen LogP contribution in [0.15, 0.2) is 24.3 Å². The van der Waals surface area contributed by atoms with Crippen LogP contribution in [0, 0.1) is 0 Å². The summed E-state index contributed by atoms with van der Waals surface area (Å²) in [5.74, 6) is -0.976. The van der Waals surface area contributed by atoms with Crippen LogP contribution in [0.2, 0.25) is 0 Å². The number of hydrogen-bond donors (Lipinski definition) is 1. The van der Waals surface area contributed by atoms with E-state index in [9.17, 15) is 18.0 Å². The zero-order valence-corrected chi connectivity index (χ0v) is 11.0. The van der Waals surface area contributed by atoms with Crippen molar-refractivity contribution >= 4 is 11.5 Å². The standard InChI is InChI=1S/C15H13F3O3/c16-15(17,18)10-2-3-11-9(6-13(19)20)8-14(4-1-5-14)21-12(11)7-10/h2-3,6-7H,1,4-5,8H2,(H,19,20). The van der Waals surface area contributed by atoms with Crippen LogP contribution in [0.1, 0.15) is 36.8 Å². The molecule has 3 rings (SSSR count). The maximum Gasteiger partial charge on any atom is 0.416 e. The van der Waals surface area contributed by atoms with E-state index in [2.05, 4.69) is 0 Å². The molecular formula is C15H13F3O3. The van der Waals surface area contributed by atoms with Gasteiger partial charge in [0, 0.05) is 18.1 Å². The lowest BCUT2D eigenvalue weighted by Crippen LogP contribution is -2.45. The van der Waals surface area contributed by atoms with Crippen LogP contribution in [0.25, 0.3) is 5.57 Å². The van der Waals surface area contributed by atoms with Gasteiger partial charge in [-0.2, -0.15) is 13.2 Å². The molecule has 1 spiro atoms. The largest absolute Gasteiger partial charge is 0.486 e. The lowest BCUT2D eigenvalue weighted by molar-refractivity contribution is -0.138. The van der Waals surface area contributed by atoms with E-state index in [1.165, 1.54) is 6.07 Å². The van der Waals surface area contributed by atoms with Gasteiger partial charge in [0.05, 0.1) is 5.56 Å². The predicted octanol–water partition coefficient (Wildman–Crippen LogP) is 3.88. The molecule has 21 heavy (non-hydrogen) atoms. The molecule has 1 fully saturated rings. The van der Waals surface area contributed by atoms with Crippen molar-refractivity contribution in [3.63, 3.8) is 0 Å². The predicted molar refractivity (Wildman–Crippen MR) is 68.9 cm³/mol. The Kier molecular flexibility index (Phi) is 3.00. The van der Waals surface area contributed by atoms with Crippen LogP contribution < -0.4 is 4.74 Å². The number of fused-ring (bicyclic) bond motifs is 1. The number of halogens is 3. The number of hydrogen-bond acceptors (Lipinski definition) is 2. The molecule has 1 aliphatic heterocycles. The molecule has 0 amide bonds. The average Bonchev–Trinajstić information content (AvgIpc) is 2.34. The average molecular weight is 298 g/mol. The monoisotopic (exact) mass is 298 g/mol. The number of ether oxygens (including phenoxy) is 1. The van der Waals surface area contributed by atoms with Gasteiger partial charge in [0.15, 0.2) is 0 Å². The Labute approximate surface area is 119 Å². The second-order valence-corrected chi connectivity index (χ2v) is 5.53. The highest BCUT2D eigenvalue weighted by Gasteiger charge is 2.44. The van der Waals surface area contributed by atoms with Crippen LogP contribution in [0.3, 0.4) is 0 Å². The van der Waals surface area contributed by atoms with Crippen molar-refractivity contribution in [2.24, 2.45) is 0 Å². The molecule has 1 aromatic carbocycles. The van der Waals surface area contributed by atoms with Crippen LogP contribution in [0.5, 0.6) is 5.75 Å². The van der Waals surface area contributed by atoms with Gasteiger partial charge >= 0.3 is 12.1 Å². The van der Waals surface area contributed by atoms with E-state index in [1.807, 2.05) is 0 Å². The third-order valence-corrected chi connectivity index (χ3v) is 4.06. The highest BCUT2D eigenvalue weighted by molar-refractivity contribution is 5.91. The summed E-state index contributed by atoms with van der Waals surface area (Å²) in [6, 6.07) is 3.21. The first-order valence-corrected chi connectivity index (χ1v) is 6.63. The fourth-order valence-corrected chi connectivity index (χ4v) is 2.89.